The molecule has 0 fully saturated rings. The molecule has 5 nitrogen and oxygen atoms in total. The number of amides is 1. The lowest BCUT2D eigenvalue weighted by Gasteiger charge is -2.23. The van der Waals surface area contributed by atoms with Gasteiger partial charge in [-0.15, -0.1) is 24.0 Å². The van der Waals surface area contributed by atoms with Crippen molar-refractivity contribution in [3.05, 3.63) is 29.8 Å². The van der Waals surface area contributed by atoms with E-state index in [0.29, 0.717) is 5.75 Å². The van der Waals surface area contributed by atoms with Gasteiger partial charge in [-0.1, -0.05) is 26.0 Å². The first-order valence-corrected chi connectivity index (χ1v) is 5.93. The van der Waals surface area contributed by atoms with Crippen LogP contribution in [0.5, 0.6) is 5.75 Å². The minimum absolute atomic E-state index is 0. The van der Waals surface area contributed by atoms with Crippen LogP contribution in [0.4, 0.5) is 4.79 Å². The molecule has 0 aliphatic carbocycles. The van der Waals surface area contributed by atoms with E-state index in [-0.39, 0.29) is 29.5 Å². The number of carbonyl (C=O) groups excluding carboxylic acids is 1. The summed E-state index contributed by atoms with van der Waals surface area (Å²) in [5.41, 5.74) is 5.29. The molecular formula is C13H23IN2O3. The van der Waals surface area contributed by atoms with Crippen LogP contribution >= 0.6 is 24.0 Å². The molecule has 5 N–H and O–H groups in total. The molecule has 0 aliphatic rings. The van der Waals surface area contributed by atoms with Crippen molar-refractivity contribution in [2.24, 2.45) is 0 Å². The highest BCUT2D eigenvalue weighted by molar-refractivity contribution is 14.0. The van der Waals surface area contributed by atoms with E-state index in [1.807, 2.05) is 17.4 Å². The molecule has 19 heavy (non-hydrogen) atoms. The zero-order valence-corrected chi connectivity index (χ0v) is 13.9. The van der Waals surface area contributed by atoms with Gasteiger partial charge in [-0.05, 0) is 12.1 Å². The summed E-state index contributed by atoms with van der Waals surface area (Å²) in [6, 6.07) is 7.39. The summed E-state index contributed by atoms with van der Waals surface area (Å²) in [6.45, 7) is 4.25. The van der Waals surface area contributed by atoms with Crippen LogP contribution in [0, 0.1) is 0 Å². The zero-order chi connectivity index (χ0) is 14.2. The molecule has 0 aromatic heterocycles. The van der Waals surface area contributed by atoms with Gasteiger partial charge in [0.1, 0.15) is 17.4 Å². The molecule has 0 heterocycles. The molecule has 1 amide bonds. The molecule has 0 bridgehead atoms. The van der Waals surface area contributed by atoms with Crippen LogP contribution in [-0.4, -0.2) is 18.2 Å². The quantitative estimate of drug-likeness (QED) is 0.675. The third-order valence-corrected chi connectivity index (χ3v) is 3.02. The predicted molar refractivity (Wildman–Crippen MR) is 83.1 cm³/mol. The van der Waals surface area contributed by atoms with E-state index in [2.05, 4.69) is 19.6 Å². The molecule has 1 rings (SSSR count). The molecule has 0 aliphatic heterocycles. The van der Waals surface area contributed by atoms with Crippen LogP contribution in [0.25, 0.3) is 0 Å². The lowest BCUT2D eigenvalue weighted by molar-refractivity contribution is -0.490. The van der Waals surface area contributed by atoms with Crippen LogP contribution in [0.2, 0.25) is 0 Å². The molecule has 0 unspecified atom stereocenters. The van der Waals surface area contributed by atoms with E-state index in [0.717, 1.165) is 18.4 Å². The zero-order valence-electron chi connectivity index (χ0n) is 11.6. The van der Waals surface area contributed by atoms with E-state index in [4.69, 9.17) is 9.90 Å². The first-order valence-electron chi connectivity index (χ1n) is 5.93. The molecule has 0 saturated heterocycles. The largest absolute Gasteiger partial charge is 0.530 e. The Balaban J connectivity index is 0. The maximum atomic E-state index is 9.34. The number of carboxylic acid groups (broad SMARTS) is 1. The van der Waals surface area contributed by atoms with E-state index in [9.17, 15) is 5.11 Å². The van der Waals surface area contributed by atoms with Crippen molar-refractivity contribution in [2.75, 3.05) is 7.05 Å². The summed E-state index contributed by atoms with van der Waals surface area (Å²) < 4.78 is 0. The number of hydrogen-bond donors (Lipinski definition) is 3. The number of halogens is 1. The van der Waals surface area contributed by atoms with Gasteiger partial charge in [0.2, 0.25) is 0 Å². The van der Waals surface area contributed by atoms with Gasteiger partial charge in [0.15, 0.2) is 0 Å². The number of hydrogen-bond acceptors (Lipinski definition) is 3. The molecule has 0 atom stereocenters. The standard InChI is InChI=1S/C11H17NO.C2H5NO2.HI/c1-3-11(12,4-2)9-6-5-7-10(13)8-9;1-3-2(4)5;/h5-8,13H,3-4,12H2,1-2H3;3H,1H3,(H,4,5);1H. The van der Waals surface area contributed by atoms with Crippen molar-refractivity contribution in [3.63, 3.8) is 0 Å². The minimum Gasteiger partial charge on any atom is -0.530 e. The SMILES string of the molecule is CCC([NH3+])(CC)c1cccc(O)c1.CNC(=O)[O-].I. The Morgan fingerprint density at radius 3 is 2.21 bits per heavy atom. The van der Waals surface area contributed by atoms with Gasteiger partial charge in [0.25, 0.3) is 0 Å². The van der Waals surface area contributed by atoms with Gasteiger partial charge in [0.05, 0.1) is 0 Å². The summed E-state index contributed by atoms with van der Waals surface area (Å²) in [4.78, 5) is 9.15. The summed E-state index contributed by atoms with van der Waals surface area (Å²) in [5.74, 6) is 0.326. The topological polar surface area (TPSA) is 100 Å². The summed E-state index contributed by atoms with van der Waals surface area (Å²) in [5, 5.41) is 20.3. The van der Waals surface area contributed by atoms with Crippen molar-refractivity contribution in [2.45, 2.75) is 32.2 Å². The van der Waals surface area contributed by atoms with Crippen molar-refractivity contribution >= 4 is 30.1 Å². The average molecular weight is 382 g/mol. The van der Waals surface area contributed by atoms with Gasteiger partial charge < -0.3 is 26.1 Å². The molecule has 1 aromatic carbocycles. The molecule has 0 spiro atoms. The highest BCUT2D eigenvalue weighted by Gasteiger charge is 2.27. The number of rotatable bonds is 3. The van der Waals surface area contributed by atoms with Crippen molar-refractivity contribution in [1.29, 1.82) is 0 Å². The van der Waals surface area contributed by atoms with Gasteiger partial charge >= 0.3 is 0 Å². The van der Waals surface area contributed by atoms with Crippen LogP contribution in [0.3, 0.4) is 0 Å². The van der Waals surface area contributed by atoms with Gasteiger partial charge in [-0.2, -0.15) is 0 Å². The second-order valence-corrected chi connectivity index (χ2v) is 4.08. The van der Waals surface area contributed by atoms with Crippen molar-refractivity contribution in [1.82, 2.24) is 5.32 Å². The van der Waals surface area contributed by atoms with E-state index >= 15 is 0 Å². The molecule has 0 saturated carbocycles. The lowest BCUT2D eigenvalue weighted by atomic mass is 9.86. The number of aromatic hydroxyl groups is 1. The van der Waals surface area contributed by atoms with Gasteiger partial charge in [-0.25, -0.2) is 0 Å². The molecule has 6 heteroatoms. The third-order valence-electron chi connectivity index (χ3n) is 3.02. The van der Waals surface area contributed by atoms with Crippen molar-refractivity contribution in [3.8, 4) is 5.75 Å². The highest BCUT2D eigenvalue weighted by atomic mass is 127. The number of phenols is 1. The Kier molecular flexibility index (Phi) is 10.5. The summed E-state index contributed by atoms with van der Waals surface area (Å²) >= 11 is 0. The number of phenolic OH excluding ortho intramolecular Hbond substituents is 1. The Hall–Kier alpha value is -1.02. The lowest BCUT2D eigenvalue weighted by Crippen LogP contribution is -2.69. The number of nitrogens with one attached hydrogen (secondary N) is 1. The number of quaternary nitrogens is 1. The fourth-order valence-corrected chi connectivity index (χ4v) is 1.49. The Morgan fingerprint density at radius 2 is 1.89 bits per heavy atom. The third kappa shape index (κ3) is 7.22. The summed E-state index contributed by atoms with van der Waals surface area (Å²) in [6.07, 6.45) is 0.741. The monoisotopic (exact) mass is 382 g/mol. The summed E-state index contributed by atoms with van der Waals surface area (Å²) in [7, 11) is 1.29. The first-order chi connectivity index (χ1) is 8.39. The van der Waals surface area contributed by atoms with Crippen molar-refractivity contribution < 1.29 is 20.7 Å². The van der Waals surface area contributed by atoms with Crippen LogP contribution in [0.15, 0.2) is 24.3 Å². The number of carbonyl (C=O) groups is 1. The minimum atomic E-state index is -1.25. The Labute approximate surface area is 131 Å². The molecule has 110 valence electrons. The van der Waals surface area contributed by atoms with Crippen LogP contribution in [0.1, 0.15) is 32.3 Å². The molecule has 1 aromatic rings. The average Bonchev–Trinajstić information content (AvgIpc) is 2.38. The normalized spacial score (nSPS) is 9.68. The second kappa shape index (κ2) is 9.85. The van der Waals surface area contributed by atoms with E-state index in [1.165, 1.54) is 7.05 Å². The first kappa shape index (κ1) is 20.3. The second-order valence-electron chi connectivity index (χ2n) is 4.08. The highest BCUT2D eigenvalue weighted by Crippen LogP contribution is 2.25. The maximum absolute atomic E-state index is 9.34. The van der Waals surface area contributed by atoms with Crippen LogP contribution in [-0.2, 0) is 5.54 Å². The van der Waals surface area contributed by atoms with Gasteiger partial charge in [-0.3, -0.25) is 0 Å². The predicted octanol–water partition coefficient (Wildman–Crippen LogP) is 0.816. The fraction of sp³-hybridized carbons (Fsp3) is 0.462. The maximum Gasteiger partial charge on any atom is 0.133 e. The smallest absolute Gasteiger partial charge is 0.133 e. The van der Waals surface area contributed by atoms with E-state index < -0.39 is 6.09 Å². The van der Waals surface area contributed by atoms with Gasteiger partial charge in [0, 0.05) is 25.5 Å². The Bertz CT molecular complexity index is 382. The van der Waals surface area contributed by atoms with Crippen LogP contribution < -0.4 is 16.2 Å². The fourth-order valence-electron chi connectivity index (χ4n) is 1.49. The van der Waals surface area contributed by atoms with E-state index in [1.54, 1.807) is 12.1 Å². The number of benzene rings is 1. The molecule has 0 radical (unpaired) electrons. The Morgan fingerprint density at radius 1 is 1.42 bits per heavy atom. The molecular weight excluding hydrogens is 359 g/mol.